The highest BCUT2D eigenvalue weighted by atomic mass is 32.1. The number of carbonyl (C=O) groups is 2. The Morgan fingerprint density at radius 1 is 1.16 bits per heavy atom. The van der Waals surface area contributed by atoms with Crippen molar-refractivity contribution < 1.29 is 9.59 Å². The van der Waals surface area contributed by atoms with Gasteiger partial charge in [-0.1, -0.05) is 6.07 Å². The van der Waals surface area contributed by atoms with Gasteiger partial charge in [-0.2, -0.15) is 0 Å². The maximum absolute atomic E-state index is 11.7. The van der Waals surface area contributed by atoms with Crippen LogP contribution in [-0.2, 0) is 4.79 Å². The zero-order chi connectivity index (χ0) is 13.7. The molecule has 0 fully saturated rings. The number of anilines is 3. The van der Waals surface area contributed by atoms with E-state index >= 15 is 0 Å². The molecule has 0 unspecified atom stereocenters. The minimum Gasteiger partial charge on any atom is -0.326 e. The first-order valence-corrected chi connectivity index (χ1v) is 6.36. The zero-order valence-corrected chi connectivity index (χ0v) is 11.0. The summed E-state index contributed by atoms with van der Waals surface area (Å²) in [7, 11) is 0. The highest BCUT2D eigenvalue weighted by molar-refractivity contribution is 7.13. The van der Waals surface area contributed by atoms with E-state index < -0.39 is 0 Å². The first-order chi connectivity index (χ1) is 9.13. The van der Waals surface area contributed by atoms with Crippen LogP contribution >= 0.6 is 11.3 Å². The number of nitrogens with one attached hydrogen (secondary N) is 3. The van der Waals surface area contributed by atoms with Gasteiger partial charge in [0.05, 0.1) is 0 Å². The number of benzene rings is 1. The fourth-order valence-corrected chi connectivity index (χ4v) is 1.95. The van der Waals surface area contributed by atoms with E-state index in [2.05, 4.69) is 20.9 Å². The Morgan fingerprint density at radius 2 is 1.89 bits per heavy atom. The second kappa shape index (κ2) is 5.96. The molecule has 0 radical (unpaired) electrons. The van der Waals surface area contributed by atoms with Gasteiger partial charge in [-0.15, -0.1) is 11.3 Å². The van der Waals surface area contributed by atoms with Crippen molar-refractivity contribution in [2.24, 2.45) is 0 Å². The molecule has 7 heteroatoms. The van der Waals surface area contributed by atoms with Crippen LogP contribution in [0.25, 0.3) is 0 Å². The highest BCUT2D eigenvalue weighted by Gasteiger charge is 2.05. The molecule has 0 aliphatic carbocycles. The predicted molar refractivity (Wildman–Crippen MR) is 75.5 cm³/mol. The summed E-state index contributed by atoms with van der Waals surface area (Å²) in [6, 6.07) is 6.50. The van der Waals surface area contributed by atoms with Crippen LogP contribution in [0.1, 0.15) is 6.92 Å². The smallest absolute Gasteiger partial charge is 0.325 e. The number of hydrogen-bond acceptors (Lipinski definition) is 4. The second-order valence-electron chi connectivity index (χ2n) is 3.68. The Labute approximate surface area is 113 Å². The van der Waals surface area contributed by atoms with E-state index in [1.807, 2.05) is 0 Å². The predicted octanol–water partition coefficient (Wildman–Crippen LogP) is 2.75. The molecule has 2 aromatic rings. The molecule has 0 spiro atoms. The zero-order valence-electron chi connectivity index (χ0n) is 10.1. The quantitative estimate of drug-likeness (QED) is 0.806. The van der Waals surface area contributed by atoms with Crippen LogP contribution in [-0.4, -0.2) is 16.9 Å². The number of rotatable bonds is 3. The molecular weight excluding hydrogens is 264 g/mol. The van der Waals surface area contributed by atoms with Crippen molar-refractivity contribution in [2.75, 3.05) is 16.0 Å². The number of amides is 3. The Bertz CT molecular complexity index is 583. The molecule has 6 nitrogen and oxygen atoms in total. The molecule has 2 rings (SSSR count). The van der Waals surface area contributed by atoms with Crippen LogP contribution in [0.5, 0.6) is 0 Å². The number of nitrogens with zero attached hydrogens (tertiary/aromatic N) is 1. The highest BCUT2D eigenvalue weighted by Crippen LogP contribution is 2.16. The maximum atomic E-state index is 11.7. The molecule has 0 atom stereocenters. The SMILES string of the molecule is CC(=O)Nc1cccc(NC(=O)Nc2nccs2)c1. The van der Waals surface area contributed by atoms with Crippen molar-refractivity contribution >= 4 is 39.8 Å². The first-order valence-electron chi connectivity index (χ1n) is 5.48. The van der Waals surface area contributed by atoms with E-state index in [4.69, 9.17) is 0 Å². The van der Waals surface area contributed by atoms with Gasteiger partial charge < -0.3 is 10.6 Å². The normalized spacial score (nSPS) is 9.74. The van der Waals surface area contributed by atoms with Gasteiger partial charge in [0, 0.05) is 29.9 Å². The monoisotopic (exact) mass is 276 g/mol. The maximum Gasteiger partial charge on any atom is 0.325 e. The average Bonchev–Trinajstić information content (AvgIpc) is 2.81. The van der Waals surface area contributed by atoms with Crippen LogP contribution < -0.4 is 16.0 Å². The average molecular weight is 276 g/mol. The van der Waals surface area contributed by atoms with E-state index in [0.29, 0.717) is 16.5 Å². The molecule has 3 amide bonds. The standard InChI is InChI=1S/C12H12N4O2S/c1-8(17)14-9-3-2-4-10(7-9)15-11(18)16-12-13-5-6-19-12/h2-7H,1H3,(H,14,17)(H2,13,15,16,18). The van der Waals surface area contributed by atoms with E-state index in [-0.39, 0.29) is 11.9 Å². The van der Waals surface area contributed by atoms with Gasteiger partial charge in [0.1, 0.15) is 0 Å². The fourth-order valence-electron chi connectivity index (χ4n) is 1.42. The summed E-state index contributed by atoms with van der Waals surface area (Å²) in [6.45, 7) is 1.43. The number of urea groups is 1. The largest absolute Gasteiger partial charge is 0.326 e. The minimum absolute atomic E-state index is 0.163. The number of hydrogen-bond donors (Lipinski definition) is 3. The van der Waals surface area contributed by atoms with E-state index in [1.165, 1.54) is 18.3 Å². The fraction of sp³-hybridized carbons (Fsp3) is 0.0833. The number of aromatic nitrogens is 1. The van der Waals surface area contributed by atoms with Crippen molar-refractivity contribution in [3.63, 3.8) is 0 Å². The van der Waals surface area contributed by atoms with Crippen LogP contribution in [0.2, 0.25) is 0 Å². The van der Waals surface area contributed by atoms with Gasteiger partial charge >= 0.3 is 6.03 Å². The van der Waals surface area contributed by atoms with Crippen molar-refractivity contribution in [1.29, 1.82) is 0 Å². The molecular formula is C12H12N4O2S. The summed E-state index contributed by atoms with van der Waals surface area (Å²) in [5.41, 5.74) is 1.21. The third kappa shape index (κ3) is 4.07. The molecule has 98 valence electrons. The van der Waals surface area contributed by atoms with Crippen molar-refractivity contribution in [2.45, 2.75) is 6.92 Å². The molecule has 0 saturated heterocycles. The molecule has 1 heterocycles. The van der Waals surface area contributed by atoms with Crippen LogP contribution in [0.4, 0.5) is 21.3 Å². The van der Waals surface area contributed by atoms with E-state index in [1.54, 1.807) is 35.8 Å². The van der Waals surface area contributed by atoms with Crippen LogP contribution in [0.3, 0.4) is 0 Å². The summed E-state index contributed by atoms with van der Waals surface area (Å²) in [6.07, 6.45) is 1.61. The van der Waals surface area contributed by atoms with Crippen molar-refractivity contribution in [3.05, 3.63) is 35.8 Å². The van der Waals surface area contributed by atoms with Gasteiger partial charge in [-0.05, 0) is 18.2 Å². The Balaban J connectivity index is 1.98. The summed E-state index contributed by atoms with van der Waals surface area (Å²) < 4.78 is 0. The lowest BCUT2D eigenvalue weighted by atomic mass is 10.3. The summed E-state index contributed by atoms with van der Waals surface area (Å²) in [5, 5.41) is 10.2. The lowest BCUT2D eigenvalue weighted by Gasteiger charge is -2.07. The van der Waals surface area contributed by atoms with Crippen molar-refractivity contribution in [3.8, 4) is 0 Å². The summed E-state index contributed by atoms with van der Waals surface area (Å²) >= 11 is 1.33. The third-order valence-electron chi connectivity index (χ3n) is 2.09. The number of thiazole rings is 1. The van der Waals surface area contributed by atoms with Crippen molar-refractivity contribution in [1.82, 2.24) is 4.98 Å². The summed E-state index contributed by atoms with van der Waals surface area (Å²) in [4.78, 5) is 26.6. The van der Waals surface area contributed by atoms with Gasteiger partial charge in [-0.25, -0.2) is 9.78 Å². The Kier molecular flexibility index (Phi) is 4.09. The molecule has 3 N–H and O–H groups in total. The molecule has 1 aromatic heterocycles. The molecule has 19 heavy (non-hydrogen) atoms. The third-order valence-corrected chi connectivity index (χ3v) is 2.78. The lowest BCUT2D eigenvalue weighted by Crippen LogP contribution is -2.19. The molecule has 0 aliphatic rings. The molecule has 0 aliphatic heterocycles. The topological polar surface area (TPSA) is 83.1 Å². The Hall–Kier alpha value is -2.41. The van der Waals surface area contributed by atoms with E-state index in [0.717, 1.165) is 0 Å². The van der Waals surface area contributed by atoms with Gasteiger partial charge in [-0.3, -0.25) is 10.1 Å². The van der Waals surface area contributed by atoms with E-state index in [9.17, 15) is 9.59 Å². The molecule has 1 aromatic carbocycles. The van der Waals surface area contributed by atoms with Gasteiger partial charge in [0.15, 0.2) is 5.13 Å². The Morgan fingerprint density at radius 3 is 2.53 bits per heavy atom. The number of carbonyl (C=O) groups excluding carboxylic acids is 2. The molecule has 0 saturated carbocycles. The van der Waals surface area contributed by atoms with Gasteiger partial charge in [0.25, 0.3) is 0 Å². The second-order valence-corrected chi connectivity index (χ2v) is 4.57. The first kappa shape index (κ1) is 13.0. The summed E-state index contributed by atoms with van der Waals surface area (Å²) in [5.74, 6) is -0.163. The minimum atomic E-state index is -0.380. The van der Waals surface area contributed by atoms with Crippen LogP contribution in [0, 0.1) is 0 Å². The lowest BCUT2D eigenvalue weighted by molar-refractivity contribution is -0.114. The van der Waals surface area contributed by atoms with Gasteiger partial charge in [0.2, 0.25) is 5.91 Å². The molecule has 0 bridgehead atoms. The van der Waals surface area contributed by atoms with Crippen LogP contribution in [0.15, 0.2) is 35.8 Å².